The molecule has 3 aromatic rings. The van der Waals surface area contributed by atoms with Crippen molar-refractivity contribution in [1.82, 2.24) is 20.2 Å². The lowest BCUT2D eigenvalue weighted by atomic mass is 10.1. The van der Waals surface area contributed by atoms with Crippen LogP contribution in [0.25, 0.3) is 17.1 Å². The number of anilines is 1. The van der Waals surface area contributed by atoms with E-state index >= 15 is 0 Å². The van der Waals surface area contributed by atoms with Crippen molar-refractivity contribution in [3.8, 4) is 17.1 Å². The number of nitrogens with zero attached hydrogens (tertiary/aromatic N) is 4. The van der Waals surface area contributed by atoms with Crippen LogP contribution in [0.2, 0.25) is 0 Å². The van der Waals surface area contributed by atoms with Crippen LogP contribution in [0.1, 0.15) is 5.56 Å². The summed E-state index contributed by atoms with van der Waals surface area (Å²) in [6.07, 6.45) is 0. The number of nitrogens with two attached hydrogens (primary N) is 1. The Labute approximate surface area is 128 Å². The van der Waals surface area contributed by atoms with Crippen molar-refractivity contribution in [3.63, 3.8) is 0 Å². The first-order valence-corrected chi connectivity index (χ1v) is 6.96. The van der Waals surface area contributed by atoms with Gasteiger partial charge in [0.15, 0.2) is 5.82 Å². The van der Waals surface area contributed by atoms with Crippen molar-refractivity contribution < 1.29 is 4.39 Å². The summed E-state index contributed by atoms with van der Waals surface area (Å²) in [5.41, 5.74) is 8.49. The number of aryl methyl sites for hydroxylation is 1. The summed E-state index contributed by atoms with van der Waals surface area (Å²) in [7, 11) is 0. The van der Waals surface area contributed by atoms with E-state index < -0.39 is 5.82 Å². The number of para-hydroxylation sites is 1. The molecule has 2 N–H and O–H groups in total. The summed E-state index contributed by atoms with van der Waals surface area (Å²) in [6, 6.07) is 10.2. The first kappa shape index (κ1) is 13.7. The Kier molecular flexibility index (Phi) is 3.42. The fraction of sp³-hybridized carbons (Fsp3) is 0.0714. The number of halogens is 2. The van der Waals surface area contributed by atoms with Gasteiger partial charge in [0.2, 0.25) is 0 Å². The predicted molar refractivity (Wildman–Crippen MR) is 81.4 cm³/mol. The van der Waals surface area contributed by atoms with Crippen molar-refractivity contribution in [2.75, 3.05) is 5.73 Å². The Morgan fingerprint density at radius 3 is 2.76 bits per heavy atom. The molecule has 0 aliphatic rings. The van der Waals surface area contributed by atoms with E-state index in [4.69, 9.17) is 5.73 Å². The highest BCUT2D eigenvalue weighted by atomic mass is 79.9. The van der Waals surface area contributed by atoms with Crippen LogP contribution in [-0.4, -0.2) is 20.2 Å². The van der Waals surface area contributed by atoms with Gasteiger partial charge in [-0.05, 0) is 57.0 Å². The van der Waals surface area contributed by atoms with Gasteiger partial charge in [-0.2, -0.15) is 4.68 Å². The molecule has 1 heterocycles. The quantitative estimate of drug-likeness (QED) is 0.723. The second-order valence-electron chi connectivity index (χ2n) is 4.56. The lowest BCUT2D eigenvalue weighted by molar-refractivity contribution is 0.606. The highest BCUT2D eigenvalue weighted by molar-refractivity contribution is 9.10. The molecule has 0 saturated carbocycles. The minimum absolute atomic E-state index is 0.261. The van der Waals surface area contributed by atoms with E-state index in [0.29, 0.717) is 16.0 Å². The molecular weight excluding hydrogens is 337 g/mol. The highest BCUT2D eigenvalue weighted by Crippen LogP contribution is 2.28. The van der Waals surface area contributed by atoms with Gasteiger partial charge in [-0.3, -0.25) is 0 Å². The van der Waals surface area contributed by atoms with E-state index in [0.717, 1.165) is 11.1 Å². The van der Waals surface area contributed by atoms with Crippen LogP contribution < -0.4 is 5.73 Å². The Bertz CT molecular complexity index is 795. The van der Waals surface area contributed by atoms with Crippen molar-refractivity contribution in [2.45, 2.75) is 6.92 Å². The first-order valence-electron chi connectivity index (χ1n) is 6.17. The van der Waals surface area contributed by atoms with Gasteiger partial charge in [-0.1, -0.05) is 18.2 Å². The maximum Gasteiger partial charge on any atom is 0.187 e. The van der Waals surface area contributed by atoms with Gasteiger partial charge in [0.25, 0.3) is 0 Å². The molecule has 0 spiro atoms. The fourth-order valence-electron chi connectivity index (χ4n) is 1.99. The van der Waals surface area contributed by atoms with Gasteiger partial charge < -0.3 is 5.73 Å². The Morgan fingerprint density at radius 2 is 2.05 bits per heavy atom. The Morgan fingerprint density at radius 1 is 1.24 bits per heavy atom. The molecule has 7 heteroatoms. The molecule has 0 amide bonds. The summed E-state index contributed by atoms with van der Waals surface area (Å²) in [4.78, 5) is 0. The number of aromatic nitrogens is 4. The predicted octanol–water partition coefficient (Wildman–Crippen LogP) is 3.12. The third-order valence-electron chi connectivity index (χ3n) is 3.16. The molecule has 0 unspecified atom stereocenters. The molecule has 0 fully saturated rings. The molecule has 21 heavy (non-hydrogen) atoms. The minimum Gasteiger partial charge on any atom is -0.398 e. The third-order valence-corrected chi connectivity index (χ3v) is 3.80. The molecule has 0 radical (unpaired) electrons. The molecular formula is C14H11BrFN5. The summed E-state index contributed by atoms with van der Waals surface area (Å²) < 4.78 is 16.0. The van der Waals surface area contributed by atoms with Gasteiger partial charge in [0.05, 0.1) is 0 Å². The van der Waals surface area contributed by atoms with E-state index in [1.807, 2.05) is 19.1 Å². The summed E-state index contributed by atoms with van der Waals surface area (Å²) >= 11 is 3.32. The second-order valence-corrected chi connectivity index (χ2v) is 5.41. The normalized spacial score (nSPS) is 10.8. The fourth-order valence-corrected chi connectivity index (χ4v) is 2.50. The molecule has 0 atom stereocenters. The summed E-state index contributed by atoms with van der Waals surface area (Å²) in [5.74, 6) is 0.00510. The van der Waals surface area contributed by atoms with Crippen LogP contribution in [0.4, 0.5) is 10.1 Å². The average molecular weight is 348 g/mol. The maximum absolute atomic E-state index is 14.1. The number of benzene rings is 2. The zero-order valence-electron chi connectivity index (χ0n) is 11.1. The van der Waals surface area contributed by atoms with Crippen LogP contribution >= 0.6 is 15.9 Å². The Hall–Kier alpha value is -2.28. The van der Waals surface area contributed by atoms with Crippen LogP contribution in [0.3, 0.4) is 0 Å². The summed E-state index contributed by atoms with van der Waals surface area (Å²) in [6.45, 7) is 1.91. The SMILES string of the molecule is Cc1ccc(-c2nnnn2-c2c(F)cccc2Br)cc1N. The number of rotatable bonds is 2. The van der Waals surface area contributed by atoms with Crippen molar-refractivity contribution in [3.05, 3.63) is 52.3 Å². The molecule has 0 aliphatic carbocycles. The van der Waals surface area contributed by atoms with Gasteiger partial charge in [0, 0.05) is 15.7 Å². The van der Waals surface area contributed by atoms with Crippen molar-refractivity contribution in [1.29, 1.82) is 0 Å². The Balaban J connectivity index is 2.20. The van der Waals surface area contributed by atoms with Crippen LogP contribution in [0.5, 0.6) is 0 Å². The zero-order valence-corrected chi connectivity index (χ0v) is 12.7. The van der Waals surface area contributed by atoms with Crippen molar-refractivity contribution in [2.24, 2.45) is 0 Å². The van der Waals surface area contributed by atoms with E-state index in [2.05, 4.69) is 31.5 Å². The standard InChI is InChI=1S/C14H11BrFN5/c1-8-5-6-9(7-12(8)17)14-18-19-20-21(14)13-10(15)3-2-4-11(13)16/h2-7H,17H2,1H3. The molecule has 1 aromatic heterocycles. The number of tetrazole rings is 1. The number of nitrogen functional groups attached to an aromatic ring is 1. The average Bonchev–Trinajstić information content (AvgIpc) is 2.91. The summed E-state index contributed by atoms with van der Waals surface area (Å²) in [5, 5.41) is 11.5. The molecule has 106 valence electrons. The number of hydrogen-bond acceptors (Lipinski definition) is 4. The molecule has 0 bridgehead atoms. The number of hydrogen-bond donors (Lipinski definition) is 1. The van der Waals surface area contributed by atoms with E-state index in [1.165, 1.54) is 10.7 Å². The molecule has 0 saturated heterocycles. The maximum atomic E-state index is 14.1. The lowest BCUT2D eigenvalue weighted by Gasteiger charge is -2.09. The van der Waals surface area contributed by atoms with E-state index in [9.17, 15) is 4.39 Å². The minimum atomic E-state index is -0.419. The highest BCUT2D eigenvalue weighted by Gasteiger charge is 2.17. The van der Waals surface area contributed by atoms with Crippen LogP contribution in [0, 0.1) is 12.7 Å². The smallest absolute Gasteiger partial charge is 0.187 e. The monoisotopic (exact) mass is 347 g/mol. The molecule has 2 aromatic carbocycles. The van der Waals surface area contributed by atoms with Gasteiger partial charge in [0.1, 0.15) is 11.5 Å². The topological polar surface area (TPSA) is 69.6 Å². The van der Waals surface area contributed by atoms with Gasteiger partial charge in [-0.15, -0.1) is 5.10 Å². The van der Waals surface area contributed by atoms with Gasteiger partial charge >= 0.3 is 0 Å². The zero-order chi connectivity index (χ0) is 15.0. The first-order chi connectivity index (χ1) is 10.1. The van der Waals surface area contributed by atoms with Gasteiger partial charge in [-0.25, -0.2) is 4.39 Å². The third kappa shape index (κ3) is 2.40. The van der Waals surface area contributed by atoms with E-state index in [1.54, 1.807) is 18.2 Å². The van der Waals surface area contributed by atoms with Crippen LogP contribution in [0.15, 0.2) is 40.9 Å². The van der Waals surface area contributed by atoms with Crippen molar-refractivity contribution >= 4 is 21.6 Å². The lowest BCUT2D eigenvalue weighted by Crippen LogP contribution is -2.04. The molecule has 3 rings (SSSR count). The molecule has 0 aliphatic heterocycles. The molecule has 5 nitrogen and oxygen atoms in total. The van der Waals surface area contributed by atoms with E-state index in [-0.39, 0.29) is 5.69 Å². The second kappa shape index (κ2) is 5.25. The largest absolute Gasteiger partial charge is 0.398 e. The van der Waals surface area contributed by atoms with Crippen LogP contribution in [-0.2, 0) is 0 Å².